The third-order valence-electron chi connectivity index (χ3n) is 6.54. The summed E-state index contributed by atoms with van der Waals surface area (Å²) >= 11 is 13.6. The van der Waals surface area contributed by atoms with Gasteiger partial charge in [0.15, 0.2) is 5.13 Å². The molecule has 1 aliphatic heterocycles. The topological polar surface area (TPSA) is 96.6 Å². The molecule has 0 radical (unpaired) electrons. The van der Waals surface area contributed by atoms with Crippen molar-refractivity contribution >= 4 is 51.5 Å². The van der Waals surface area contributed by atoms with Crippen LogP contribution in [-0.4, -0.2) is 47.6 Å². The quantitative estimate of drug-likeness (QED) is 0.371. The minimum Gasteiger partial charge on any atom is -0.462 e. The number of fused-ring (bicyclic) bond motifs is 1. The normalized spacial score (nSPS) is 20.3. The molecule has 3 aromatic rings. The summed E-state index contributed by atoms with van der Waals surface area (Å²) in [5.41, 5.74) is 2.60. The lowest BCUT2D eigenvalue weighted by Gasteiger charge is -2.19. The van der Waals surface area contributed by atoms with E-state index in [0.29, 0.717) is 52.0 Å². The number of aromatic amines is 1. The van der Waals surface area contributed by atoms with Gasteiger partial charge in [-0.25, -0.2) is 9.78 Å². The van der Waals surface area contributed by atoms with Crippen LogP contribution in [0.2, 0.25) is 10.0 Å². The predicted octanol–water partition coefficient (Wildman–Crippen LogP) is 4.84. The van der Waals surface area contributed by atoms with Crippen molar-refractivity contribution in [1.29, 1.82) is 0 Å². The van der Waals surface area contributed by atoms with E-state index in [1.165, 1.54) is 11.3 Å². The van der Waals surface area contributed by atoms with E-state index < -0.39 is 0 Å². The number of amides is 1. The lowest BCUT2D eigenvalue weighted by molar-refractivity contribution is 0.0522. The summed E-state index contributed by atoms with van der Waals surface area (Å²) in [7, 11) is 0. The first-order valence-electron chi connectivity index (χ1n) is 11.7. The highest BCUT2D eigenvalue weighted by Crippen LogP contribution is 2.48. The average molecular weight is 549 g/mol. The first-order valence-corrected chi connectivity index (χ1v) is 13.3. The summed E-state index contributed by atoms with van der Waals surface area (Å²) in [6.45, 7) is 5.99. The van der Waals surface area contributed by atoms with Crippen LogP contribution < -0.4 is 10.2 Å². The van der Waals surface area contributed by atoms with Crippen LogP contribution in [0.15, 0.2) is 30.3 Å². The summed E-state index contributed by atoms with van der Waals surface area (Å²) in [6.07, 6.45) is 0. The van der Waals surface area contributed by atoms with Gasteiger partial charge in [-0.3, -0.25) is 4.79 Å². The number of nitrogens with zero attached hydrogens (tertiary/aromatic N) is 2. The number of hydrogen-bond acceptors (Lipinski definition) is 7. The van der Waals surface area contributed by atoms with Gasteiger partial charge in [0.2, 0.25) is 0 Å². The van der Waals surface area contributed by atoms with E-state index >= 15 is 0 Å². The van der Waals surface area contributed by atoms with Crippen LogP contribution in [0, 0.1) is 18.8 Å². The molecule has 1 aliphatic carbocycles. The van der Waals surface area contributed by atoms with Gasteiger partial charge in [0, 0.05) is 36.7 Å². The van der Waals surface area contributed by atoms with E-state index in [9.17, 15) is 9.59 Å². The van der Waals surface area contributed by atoms with E-state index in [4.69, 9.17) is 37.7 Å². The van der Waals surface area contributed by atoms with Crippen LogP contribution >= 0.6 is 34.5 Å². The molecule has 11 heteroatoms. The van der Waals surface area contributed by atoms with Gasteiger partial charge in [0.05, 0.1) is 35.6 Å². The number of H-pyrrole nitrogens is 1. The Bertz CT molecular complexity index is 1270. The van der Waals surface area contributed by atoms with Crippen LogP contribution in [-0.2, 0) is 22.7 Å². The number of rotatable bonds is 9. The lowest BCUT2D eigenvalue weighted by Crippen LogP contribution is -2.34. The molecule has 2 fully saturated rings. The third kappa shape index (κ3) is 4.98. The Labute approximate surface area is 222 Å². The second kappa shape index (κ2) is 10.4. The highest BCUT2D eigenvalue weighted by molar-refractivity contribution is 7.17. The van der Waals surface area contributed by atoms with Crippen LogP contribution in [0.5, 0.6) is 0 Å². The van der Waals surface area contributed by atoms with Gasteiger partial charge in [0.25, 0.3) is 5.91 Å². The number of anilines is 1. The van der Waals surface area contributed by atoms with E-state index in [-0.39, 0.29) is 29.5 Å². The number of halogens is 2. The maximum Gasteiger partial charge on any atom is 0.350 e. The molecule has 0 bridgehead atoms. The number of carbonyl (C=O) groups is 2. The van der Waals surface area contributed by atoms with Crippen molar-refractivity contribution in [3.05, 3.63) is 67.9 Å². The number of hydrogen-bond donors (Lipinski definition) is 2. The number of ether oxygens (including phenoxy) is 2. The molecule has 2 N–H and O–H groups in total. The van der Waals surface area contributed by atoms with Gasteiger partial charge in [-0.15, -0.1) is 0 Å². The van der Waals surface area contributed by atoms with Crippen molar-refractivity contribution in [3.8, 4) is 0 Å². The van der Waals surface area contributed by atoms with Crippen LogP contribution in [0.25, 0.3) is 0 Å². The van der Waals surface area contributed by atoms with Gasteiger partial charge < -0.3 is 24.7 Å². The maximum absolute atomic E-state index is 12.7. The van der Waals surface area contributed by atoms with E-state index in [1.54, 1.807) is 13.8 Å². The largest absolute Gasteiger partial charge is 0.462 e. The zero-order valence-corrected chi connectivity index (χ0v) is 22.2. The minimum atomic E-state index is -0.383. The molecular weight excluding hydrogens is 523 g/mol. The molecule has 1 aromatic carbocycles. The predicted molar refractivity (Wildman–Crippen MR) is 139 cm³/mol. The number of nitrogens with one attached hydrogen (secondary N) is 2. The third-order valence-corrected chi connectivity index (χ3v) is 8.63. The molecule has 1 amide bonds. The minimum absolute atomic E-state index is 0.0744. The Morgan fingerprint density at radius 2 is 1.89 bits per heavy atom. The number of piperidine rings is 1. The van der Waals surface area contributed by atoms with E-state index in [0.717, 1.165) is 23.8 Å². The van der Waals surface area contributed by atoms with Crippen molar-refractivity contribution < 1.29 is 19.1 Å². The molecule has 1 saturated heterocycles. The SMILES string of the molecule is CCOC(=O)c1sc(N2C[C@@H]3[C@H](C2)[C@H]3NC(=O)c2[nH]c(C)c(Cl)c2Cl)nc1COCc1ccccc1. The second-order valence-corrected chi connectivity index (χ2v) is 10.7. The number of carbonyl (C=O) groups excluding carboxylic acids is 2. The van der Waals surface area contributed by atoms with Crippen molar-refractivity contribution in [1.82, 2.24) is 15.3 Å². The molecule has 1 saturated carbocycles. The first kappa shape index (κ1) is 25.1. The zero-order chi connectivity index (χ0) is 25.4. The van der Waals surface area contributed by atoms with Crippen molar-refractivity contribution in [3.63, 3.8) is 0 Å². The molecule has 5 rings (SSSR count). The summed E-state index contributed by atoms with van der Waals surface area (Å²) in [4.78, 5) is 35.6. The first-order chi connectivity index (χ1) is 17.4. The van der Waals surface area contributed by atoms with Crippen LogP contribution in [0.3, 0.4) is 0 Å². The van der Waals surface area contributed by atoms with Gasteiger partial charge in [-0.2, -0.15) is 0 Å². The van der Waals surface area contributed by atoms with Gasteiger partial charge >= 0.3 is 5.97 Å². The van der Waals surface area contributed by atoms with Gasteiger partial charge in [-0.05, 0) is 19.4 Å². The Hall–Kier alpha value is -2.59. The number of esters is 1. The summed E-state index contributed by atoms with van der Waals surface area (Å²) in [5.74, 6) is -0.0116. The number of aromatic nitrogens is 2. The standard InChI is InChI=1S/C25H26Cl2N4O4S/c1-3-35-24(33)22-17(12-34-11-14-7-5-4-6-8-14)29-25(36-22)31-9-15-16(10-31)20(15)30-23(32)21-19(27)18(26)13(2)28-21/h4-8,15-16,20,28H,3,9-12H2,1-2H3,(H,30,32)/t15-,16+,20+. The van der Waals surface area contributed by atoms with Crippen LogP contribution in [0.1, 0.15) is 44.0 Å². The smallest absolute Gasteiger partial charge is 0.350 e. The maximum atomic E-state index is 12.7. The van der Waals surface area contributed by atoms with Crippen molar-refractivity contribution in [2.75, 3.05) is 24.6 Å². The fourth-order valence-corrected chi connectivity index (χ4v) is 6.01. The monoisotopic (exact) mass is 548 g/mol. The molecule has 0 unspecified atom stereocenters. The highest BCUT2D eigenvalue weighted by atomic mass is 35.5. The number of thiazole rings is 1. The highest BCUT2D eigenvalue weighted by Gasteiger charge is 2.57. The molecule has 8 nitrogen and oxygen atoms in total. The van der Waals surface area contributed by atoms with Crippen molar-refractivity contribution in [2.45, 2.75) is 33.1 Å². The fourth-order valence-electron chi connectivity index (χ4n) is 4.62. The van der Waals surface area contributed by atoms with Gasteiger partial charge in [0.1, 0.15) is 10.6 Å². The molecule has 3 atom stereocenters. The van der Waals surface area contributed by atoms with Crippen molar-refractivity contribution in [2.24, 2.45) is 11.8 Å². The Balaban J connectivity index is 1.21. The second-order valence-electron chi connectivity index (χ2n) is 8.96. The number of aryl methyl sites for hydroxylation is 1. The number of benzene rings is 1. The molecule has 36 heavy (non-hydrogen) atoms. The molecule has 2 aliphatic rings. The summed E-state index contributed by atoms with van der Waals surface area (Å²) in [5, 5.41) is 4.45. The Morgan fingerprint density at radius 3 is 2.53 bits per heavy atom. The molecule has 2 aromatic heterocycles. The molecular formula is C25H26Cl2N4O4S. The summed E-state index contributed by atoms with van der Waals surface area (Å²) in [6, 6.07) is 9.93. The average Bonchev–Trinajstić information content (AvgIpc) is 3.23. The Kier molecular flexibility index (Phi) is 7.25. The van der Waals surface area contributed by atoms with E-state index in [1.807, 2.05) is 30.3 Å². The molecule has 190 valence electrons. The van der Waals surface area contributed by atoms with E-state index in [2.05, 4.69) is 15.2 Å². The zero-order valence-electron chi connectivity index (χ0n) is 19.8. The van der Waals surface area contributed by atoms with Gasteiger partial charge in [-0.1, -0.05) is 64.9 Å². The summed E-state index contributed by atoms with van der Waals surface area (Å²) < 4.78 is 11.1. The Morgan fingerprint density at radius 1 is 1.17 bits per heavy atom. The fraction of sp³-hybridized carbons (Fsp3) is 0.400. The van der Waals surface area contributed by atoms with Crippen LogP contribution in [0.4, 0.5) is 5.13 Å². The molecule has 0 spiro atoms. The molecule has 3 heterocycles. The lowest BCUT2D eigenvalue weighted by atomic mass is 10.2.